The van der Waals surface area contributed by atoms with Crippen molar-refractivity contribution in [1.29, 1.82) is 0 Å². The van der Waals surface area contributed by atoms with Gasteiger partial charge in [-0.05, 0) is 35.9 Å². The molecule has 1 aromatic carbocycles. The number of likely N-dealkylation sites (tertiary alicyclic amines) is 1. The molecule has 1 N–H and O–H groups in total. The van der Waals surface area contributed by atoms with Crippen molar-refractivity contribution in [3.05, 3.63) is 35.9 Å². The van der Waals surface area contributed by atoms with E-state index in [-0.39, 0.29) is 0 Å². The highest BCUT2D eigenvalue weighted by Crippen LogP contribution is 2.42. The van der Waals surface area contributed by atoms with Crippen molar-refractivity contribution in [3.63, 3.8) is 0 Å². The van der Waals surface area contributed by atoms with Gasteiger partial charge in [0.25, 0.3) is 0 Å². The largest absolute Gasteiger partial charge is 0.316 e. The first-order valence-corrected chi connectivity index (χ1v) is 7.13. The predicted octanol–water partition coefficient (Wildman–Crippen LogP) is 2.36. The number of piperidine rings is 2. The lowest BCUT2D eigenvalue weighted by Gasteiger charge is -2.53. The van der Waals surface area contributed by atoms with E-state index < -0.39 is 0 Å². The molecule has 3 rings (SSSR count). The number of rotatable bonds is 2. The summed E-state index contributed by atoms with van der Waals surface area (Å²) < 4.78 is 0. The smallest absolute Gasteiger partial charge is 0.0233 e. The zero-order chi connectivity index (χ0) is 12.6. The quantitative estimate of drug-likeness (QED) is 0.859. The molecule has 18 heavy (non-hydrogen) atoms. The number of nitrogens with one attached hydrogen (secondary N) is 1. The highest BCUT2D eigenvalue weighted by molar-refractivity contribution is 5.15. The molecule has 0 saturated carbocycles. The van der Waals surface area contributed by atoms with Gasteiger partial charge in [0.1, 0.15) is 0 Å². The van der Waals surface area contributed by atoms with Crippen molar-refractivity contribution in [2.45, 2.75) is 20.4 Å². The van der Waals surface area contributed by atoms with Crippen LogP contribution < -0.4 is 5.32 Å². The Morgan fingerprint density at radius 1 is 1.11 bits per heavy atom. The molecular formula is C16H24N2. The van der Waals surface area contributed by atoms with Gasteiger partial charge in [-0.3, -0.25) is 4.90 Å². The molecule has 2 heteroatoms. The van der Waals surface area contributed by atoms with Crippen molar-refractivity contribution < 1.29 is 0 Å². The normalized spacial score (nSPS) is 31.2. The van der Waals surface area contributed by atoms with Gasteiger partial charge in [0.2, 0.25) is 0 Å². The molecule has 0 spiro atoms. The average molecular weight is 244 g/mol. The molecule has 2 bridgehead atoms. The average Bonchev–Trinajstić information content (AvgIpc) is 2.31. The van der Waals surface area contributed by atoms with E-state index in [9.17, 15) is 0 Å². The fourth-order valence-electron chi connectivity index (χ4n) is 3.56. The summed E-state index contributed by atoms with van der Waals surface area (Å²) in [5.74, 6) is 1.60. The summed E-state index contributed by atoms with van der Waals surface area (Å²) in [5, 5.41) is 3.60. The van der Waals surface area contributed by atoms with E-state index in [1.165, 1.54) is 31.7 Å². The van der Waals surface area contributed by atoms with E-state index in [4.69, 9.17) is 0 Å². The predicted molar refractivity (Wildman–Crippen MR) is 75.3 cm³/mol. The van der Waals surface area contributed by atoms with Crippen molar-refractivity contribution in [1.82, 2.24) is 10.2 Å². The molecule has 0 aliphatic carbocycles. The summed E-state index contributed by atoms with van der Waals surface area (Å²) in [5.41, 5.74) is 1.96. The summed E-state index contributed by atoms with van der Waals surface area (Å²) in [7, 11) is 0. The molecule has 2 heterocycles. The van der Waals surface area contributed by atoms with Gasteiger partial charge in [-0.15, -0.1) is 0 Å². The summed E-state index contributed by atoms with van der Waals surface area (Å²) >= 11 is 0. The lowest BCUT2D eigenvalue weighted by molar-refractivity contribution is -0.0275. The number of hydrogen-bond acceptors (Lipinski definition) is 2. The van der Waals surface area contributed by atoms with Crippen LogP contribution in [-0.2, 0) is 6.54 Å². The number of benzene rings is 1. The molecule has 2 aliphatic heterocycles. The van der Waals surface area contributed by atoms with Gasteiger partial charge in [-0.1, -0.05) is 44.2 Å². The van der Waals surface area contributed by atoms with Crippen molar-refractivity contribution >= 4 is 0 Å². The Bertz CT molecular complexity index is 383. The Kier molecular flexibility index (Phi) is 3.16. The Morgan fingerprint density at radius 2 is 1.72 bits per heavy atom. The molecule has 2 unspecified atom stereocenters. The van der Waals surface area contributed by atoms with Crippen LogP contribution in [0.1, 0.15) is 19.4 Å². The standard InChI is InChI=1S/C16H24N2/c1-16(2)14-8-17-9-15(16)12-18(11-14)10-13-6-4-3-5-7-13/h3-7,14-15,17H,8-12H2,1-2H3. The van der Waals surface area contributed by atoms with Gasteiger partial charge in [0.15, 0.2) is 0 Å². The van der Waals surface area contributed by atoms with Gasteiger partial charge >= 0.3 is 0 Å². The van der Waals surface area contributed by atoms with E-state index in [0.717, 1.165) is 18.4 Å². The fourth-order valence-corrected chi connectivity index (χ4v) is 3.56. The second kappa shape index (κ2) is 4.67. The number of nitrogens with zero attached hydrogens (tertiary/aromatic N) is 1. The maximum atomic E-state index is 3.60. The number of hydrogen-bond donors (Lipinski definition) is 1. The van der Waals surface area contributed by atoms with E-state index >= 15 is 0 Å². The Hall–Kier alpha value is -0.860. The second-order valence-corrected chi connectivity index (χ2v) is 6.55. The van der Waals surface area contributed by atoms with Gasteiger partial charge < -0.3 is 5.32 Å². The van der Waals surface area contributed by atoms with Crippen LogP contribution in [0.25, 0.3) is 0 Å². The molecule has 98 valence electrons. The van der Waals surface area contributed by atoms with Crippen LogP contribution in [0.4, 0.5) is 0 Å². The highest BCUT2D eigenvalue weighted by Gasteiger charge is 2.44. The van der Waals surface area contributed by atoms with Gasteiger partial charge in [0, 0.05) is 19.6 Å². The van der Waals surface area contributed by atoms with Crippen LogP contribution in [0.15, 0.2) is 30.3 Å². The van der Waals surface area contributed by atoms with E-state index in [0.29, 0.717) is 5.41 Å². The molecular weight excluding hydrogens is 220 g/mol. The van der Waals surface area contributed by atoms with Gasteiger partial charge in [-0.2, -0.15) is 0 Å². The summed E-state index contributed by atoms with van der Waals surface area (Å²) in [6.45, 7) is 10.9. The van der Waals surface area contributed by atoms with Crippen molar-refractivity contribution in [3.8, 4) is 0 Å². The molecule has 2 aliphatic rings. The van der Waals surface area contributed by atoms with Crippen LogP contribution in [0.5, 0.6) is 0 Å². The van der Waals surface area contributed by atoms with Crippen molar-refractivity contribution in [2.24, 2.45) is 17.3 Å². The molecule has 2 atom stereocenters. The van der Waals surface area contributed by atoms with Crippen LogP contribution in [-0.4, -0.2) is 31.1 Å². The zero-order valence-electron chi connectivity index (χ0n) is 11.5. The van der Waals surface area contributed by atoms with E-state index in [2.05, 4.69) is 54.4 Å². The molecule has 2 fully saturated rings. The van der Waals surface area contributed by atoms with Crippen LogP contribution >= 0.6 is 0 Å². The first kappa shape index (κ1) is 12.2. The topological polar surface area (TPSA) is 15.3 Å². The van der Waals surface area contributed by atoms with Crippen molar-refractivity contribution in [2.75, 3.05) is 26.2 Å². The van der Waals surface area contributed by atoms with Crippen LogP contribution in [0, 0.1) is 17.3 Å². The minimum Gasteiger partial charge on any atom is -0.316 e. The highest BCUT2D eigenvalue weighted by atomic mass is 15.2. The maximum Gasteiger partial charge on any atom is 0.0233 e. The molecule has 0 aromatic heterocycles. The molecule has 2 nitrogen and oxygen atoms in total. The molecule has 0 amide bonds. The lowest BCUT2D eigenvalue weighted by Crippen LogP contribution is -2.60. The van der Waals surface area contributed by atoms with E-state index in [1.54, 1.807) is 0 Å². The Morgan fingerprint density at radius 3 is 2.33 bits per heavy atom. The third-order valence-electron chi connectivity index (χ3n) is 5.09. The third-order valence-corrected chi connectivity index (χ3v) is 5.09. The fraction of sp³-hybridized carbons (Fsp3) is 0.625. The lowest BCUT2D eigenvalue weighted by atomic mass is 9.64. The monoisotopic (exact) mass is 244 g/mol. The zero-order valence-corrected chi connectivity index (χ0v) is 11.5. The van der Waals surface area contributed by atoms with Crippen LogP contribution in [0.2, 0.25) is 0 Å². The molecule has 2 saturated heterocycles. The Balaban J connectivity index is 1.70. The number of fused-ring (bicyclic) bond motifs is 2. The van der Waals surface area contributed by atoms with E-state index in [1.807, 2.05) is 0 Å². The van der Waals surface area contributed by atoms with Gasteiger partial charge in [0.05, 0.1) is 0 Å². The summed E-state index contributed by atoms with van der Waals surface area (Å²) in [6, 6.07) is 10.9. The SMILES string of the molecule is CC1(C)C2CNCC1CN(Cc1ccccc1)C2. The minimum absolute atomic E-state index is 0.512. The van der Waals surface area contributed by atoms with Crippen LogP contribution in [0.3, 0.4) is 0 Å². The van der Waals surface area contributed by atoms with Gasteiger partial charge in [-0.25, -0.2) is 0 Å². The first-order valence-electron chi connectivity index (χ1n) is 7.13. The second-order valence-electron chi connectivity index (χ2n) is 6.55. The molecule has 0 radical (unpaired) electrons. The Labute approximate surface area is 110 Å². The maximum absolute atomic E-state index is 3.60. The summed E-state index contributed by atoms with van der Waals surface area (Å²) in [4.78, 5) is 2.65. The first-order chi connectivity index (χ1) is 8.66. The minimum atomic E-state index is 0.512. The molecule has 1 aromatic rings. The summed E-state index contributed by atoms with van der Waals surface area (Å²) in [6.07, 6.45) is 0. The third kappa shape index (κ3) is 2.19.